The molecule has 0 amide bonds. The number of oxime groups is 1. The standard InChI is InChI=1S/C18H14BrNO2/c19-16-8-9-18(15(10-16)11-20-21)22-12-14-6-3-5-13-4-1-2-7-17(13)14/h1-11,21H,12H2/b20-11-. The molecule has 110 valence electrons. The van der Waals surface area contributed by atoms with E-state index in [1.165, 1.54) is 17.0 Å². The third-order valence-electron chi connectivity index (χ3n) is 3.43. The maximum absolute atomic E-state index is 8.76. The normalized spacial score (nSPS) is 11.1. The quantitative estimate of drug-likeness (QED) is 0.407. The third-order valence-corrected chi connectivity index (χ3v) is 3.93. The van der Waals surface area contributed by atoms with Gasteiger partial charge >= 0.3 is 0 Å². The van der Waals surface area contributed by atoms with Gasteiger partial charge in [0.25, 0.3) is 0 Å². The number of hydrogen-bond donors (Lipinski definition) is 1. The minimum atomic E-state index is 0.454. The van der Waals surface area contributed by atoms with Crippen LogP contribution < -0.4 is 4.74 Å². The van der Waals surface area contributed by atoms with Gasteiger partial charge in [-0.2, -0.15) is 0 Å². The highest BCUT2D eigenvalue weighted by molar-refractivity contribution is 9.10. The molecule has 3 rings (SSSR count). The molecule has 0 spiro atoms. The van der Waals surface area contributed by atoms with E-state index in [-0.39, 0.29) is 0 Å². The van der Waals surface area contributed by atoms with E-state index in [1.54, 1.807) is 0 Å². The summed E-state index contributed by atoms with van der Waals surface area (Å²) in [4.78, 5) is 0. The summed E-state index contributed by atoms with van der Waals surface area (Å²) in [7, 11) is 0. The number of ether oxygens (including phenoxy) is 1. The molecule has 0 aliphatic heterocycles. The Morgan fingerprint density at radius 3 is 2.73 bits per heavy atom. The van der Waals surface area contributed by atoms with E-state index in [1.807, 2.05) is 36.4 Å². The minimum Gasteiger partial charge on any atom is -0.488 e. The number of rotatable bonds is 4. The summed E-state index contributed by atoms with van der Waals surface area (Å²) < 4.78 is 6.82. The molecule has 0 heterocycles. The van der Waals surface area contributed by atoms with Crippen molar-refractivity contribution in [2.24, 2.45) is 5.16 Å². The lowest BCUT2D eigenvalue weighted by Crippen LogP contribution is -1.99. The summed E-state index contributed by atoms with van der Waals surface area (Å²) in [5.74, 6) is 0.675. The fraction of sp³-hybridized carbons (Fsp3) is 0.0556. The summed E-state index contributed by atoms with van der Waals surface area (Å²) in [5, 5.41) is 14.2. The molecule has 0 saturated heterocycles. The Hall–Kier alpha value is -2.33. The van der Waals surface area contributed by atoms with Crippen LogP contribution in [0.2, 0.25) is 0 Å². The number of fused-ring (bicyclic) bond motifs is 1. The maximum Gasteiger partial charge on any atom is 0.128 e. The van der Waals surface area contributed by atoms with Crippen LogP contribution in [0.5, 0.6) is 5.75 Å². The van der Waals surface area contributed by atoms with Crippen molar-refractivity contribution in [1.29, 1.82) is 0 Å². The zero-order valence-electron chi connectivity index (χ0n) is 11.7. The largest absolute Gasteiger partial charge is 0.488 e. The van der Waals surface area contributed by atoms with Gasteiger partial charge in [0.2, 0.25) is 0 Å². The van der Waals surface area contributed by atoms with Gasteiger partial charge in [0.15, 0.2) is 0 Å². The highest BCUT2D eigenvalue weighted by Crippen LogP contribution is 2.24. The van der Waals surface area contributed by atoms with Crippen molar-refractivity contribution in [3.8, 4) is 5.75 Å². The van der Waals surface area contributed by atoms with Crippen molar-refractivity contribution in [2.45, 2.75) is 6.61 Å². The Morgan fingerprint density at radius 1 is 1.05 bits per heavy atom. The average Bonchev–Trinajstić information content (AvgIpc) is 2.54. The fourth-order valence-electron chi connectivity index (χ4n) is 2.39. The second-order valence-corrected chi connectivity index (χ2v) is 5.77. The molecule has 3 nitrogen and oxygen atoms in total. The predicted octanol–water partition coefficient (Wildman–Crippen LogP) is 4.99. The van der Waals surface area contributed by atoms with Gasteiger partial charge in [-0.05, 0) is 34.5 Å². The lowest BCUT2D eigenvalue weighted by Gasteiger charge is -2.11. The van der Waals surface area contributed by atoms with E-state index in [2.05, 4.69) is 45.4 Å². The Kier molecular flexibility index (Phi) is 4.39. The van der Waals surface area contributed by atoms with Crippen LogP contribution in [-0.2, 0) is 6.61 Å². The molecular formula is C18H14BrNO2. The Labute approximate surface area is 137 Å². The second kappa shape index (κ2) is 6.62. The van der Waals surface area contributed by atoms with Gasteiger partial charge in [0.05, 0.1) is 6.21 Å². The van der Waals surface area contributed by atoms with Crippen LogP contribution in [0, 0.1) is 0 Å². The fourth-order valence-corrected chi connectivity index (χ4v) is 2.77. The van der Waals surface area contributed by atoms with Crippen molar-refractivity contribution in [3.63, 3.8) is 0 Å². The molecule has 0 radical (unpaired) electrons. The summed E-state index contributed by atoms with van der Waals surface area (Å²) in [5.41, 5.74) is 1.84. The number of nitrogens with zero attached hydrogens (tertiary/aromatic N) is 1. The topological polar surface area (TPSA) is 41.8 Å². The van der Waals surface area contributed by atoms with Gasteiger partial charge in [-0.15, -0.1) is 0 Å². The number of benzene rings is 3. The zero-order valence-corrected chi connectivity index (χ0v) is 13.3. The molecule has 0 aliphatic carbocycles. The van der Waals surface area contributed by atoms with Crippen LogP contribution >= 0.6 is 15.9 Å². The SMILES string of the molecule is O/N=C\c1cc(Br)ccc1OCc1cccc2ccccc12. The molecule has 3 aromatic carbocycles. The van der Waals surface area contributed by atoms with Crippen molar-refractivity contribution in [1.82, 2.24) is 0 Å². The lowest BCUT2D eigenvalue weighted by molar-refractivity contribution is 0.305. The molecule has 0 aromatic heterocycles. The van der Waals surface area contributed by atoms with Gasteiger partial charge in [-0.3, -0.25) is 0 Å². The van der Waals surface area contributed by atoms with Crippen molar-refractivity contribution >= 4 is 32.9 Å². The van der Waals surface area contributed by atoms with E-state index in [0.29, 0.717) is 12.4 Å². The second-order valence-electron chi connectivity index (χ2n) is 4.85. The molecule has 0 fully saturated rings. The van der Waals surface area contributed by atoms with Crippen LogP contribution in [0.15, 0.2) is 70.3 Å². The summed E-state index contributed by atoms with van der Waals surface area (Å²) in [6, 6.07) is 20.0. The van der Waals surface area contributed by atoms with E-state index < -0.39 is 0 Å². The molecule has 0 aliphatic rings. The Morgan fingerprint density at radius 2 is 1.86 bits per heavy atom. The molecule has 0 atom stereocenters. The van der Waals surface area contributed by atoms with Crippen molar-refractivity contribution < 1.29 is 9.94 Å². The van der Waals surface area contributed by atoms with Gasteiger partial charge in [0.1, 0.15) is 12.4 Å². The monoisotopic (exact) mass is 355 g/mol. The first-order valence-electron chi connectivity index (χ1n) is 6.84. The number of hydrogen-bond acceptors (Lipinski definition) is 3. The van der Waals surface area contributed by atoms with Crippen LogP contribution in [0.4, 0.5) is 0 Å². The van der Waals surface area contributed by atoms with Crippen molar-refractivity contribution in [2.75, 3.05) is 0 Å². The number of halogens is 1. The third kappa shape index (κ3) is 3.12. The highest BCUT2D eigenvalue weighted by Gasteiger charge is 2.05. The Balaban J connectivity index is 1.88. The maximum atomic E-state index is 8.76. The first-order chi connectivity index (χ1) is 10.8. The smallest absolute Gasteiger partial charge is 0.128 e. The van der Waals surface area contributed by atoms with Crippen molar-refractivity contribution in [3.05, 3.63) is 76.3 Å². The van der Waals surface area contributed by atoms with E-state index >= 15 is 0 Å². The molecule has 0 saturated carbocycles. The van der Waals surface area contributed by atoms with Gasteiger partial charge in [0, 0.05) is 10.0 Å². The molecule has 4 heteroatoms. The molecule has 0 unspecified atom stereocenters. The van der Waals surface area contributed by atoms with Crippen LogP contribution in [0.1, 0.15) is 11.1 Å². The highest BCUT2D eigenvalue weighted by atomic mass is 79.9. The first kappa shape index (κ1) is 14.6. The van der Waals surface area contributed by atoms with E-state index in [4.69, 9.17) is 9.94 Å². The average molecular weight is 356 g/mol. The summed E-state index contributed by atoms with van der Waals surface area (Å²) in [6.07, 6.45) is 1.36. The van der Waals surface area contributed by atoms with Gasteiger partial charge in [-0.25, -0.2) is 0 Å². The molecule has 3 aromatic rings. The van der Waals surface area contributed by atoms with Crippen LogP contribution in [-0.4, -0.2) is 11.4 Å². The summed E-state index contributed by atoms with van der Waals surface area (Å²) in [6.45, 7) is 0.454. The van der Waals surface area contributed by atoms with Crippen LogP contribution in [0.25, 0.3) is 10.8 Å². The molecular weight excluding hydrogens is 342 g/mol. The van der Waals surface area contributed by atoms with Gasteiger partial charge < -0.3 is 9.94 Å². The predicted molar refractivity (Wildman–Crippen MR) is 91.8 cm³/mol. The van der Waals surface area contributed by atoms with E-state index in [9.17, 15) is 0 Å². The van der Waals surface area contributed by atoms with Gasteiger partial charge in [-0.1, -0.05) is 63.6 Å². The molecule has 22 heavy (non-hydrogen) atoms. The first-order valence-corrected chi connectivity index (χ1v) is 7.63. The lowest BCUT2D eigenvalue weighted by atomic mass is 10.1. The Bertz CT molecular complexity index is 825. The van der Waals surface area contributed by atoms with Crippen LogP contribution in [0.3, 0.4) is 0 Å². The zero-order chi connectivity index (χ0) is 15.4. The minimum absolute atomic E-state index is 0.454. The van der Waals surface area contributed by atoms with E-state index in [0.717, 1.165) is 15.6 Å². The summed E-state index contributed by atoms with van der Waals surface area (Å²) >= 11 is 3.40. The molecule has 0 bridgehead atoms. The molecule has 1 N–H and O–H groups in total.